The molecule has 1 rings (SSSR count). The van der Waals surface area contributed by atoms with Gasteiger partial charge in [-0.25, -0.2) is 0 Å². The molecule has 0 radical (unpaired) electrons. The molecule has 0 aliphatic rings. The average molecular weight is 221 g/mol. The van der Waals surface area contributed by atoms with E-state index in [1.54, 1.807) is 0 Å². The van der Waals surface area contributed by atoms with E-state index in [-0.39, 0.29) is 5.91 Å². The van der Waals surface area contributed by atoms with Crippen LogP contribution in [0.5, 0.6) is 0 Å². The zero-order chi connectivity index (χ0) is 12.0. The summed E-state index contributed by atoms with van der Waals surface area (Å²) in [5, 5.41) is 2.79. The smallest absolute Gasteiger partial charge is 0.216 e. The lowest BCUT2D eigenvalue weighted by Crippen LogP contribution is -2.33. The second-order valence-corrected chi connectivity index (χ2v) is 3.65. The highest BCUT2D eigenvalue weighted by Crippen LogP contribution is 2.15. The highest BCUT2D eigenvalue weighted by Gasteiger charge is 2.03. The summed E-state index contributed by atoms with van der Waals surface area (Å²) in [5.74, 6) is 0.00774. The van der Waals surface area contributed by atoms with Crippen molar-refractivity contribution in [3.63, 3.8) is 0 Å². The van der Waals surface area contributed by atoms with Crippen LogP contribution in [0.4, 0.5) is 11.4 Å². The Morgan fingerprint density at radius 3 is 2.50 bits per heavy atom. The van der Waals surface area contributed by atoms with Crippen LogP contribution in [0.25, 0.3) is 0 Å². The number of nitrogen functional groups attached to an aromatic ring is 1. The molecule has 4 nitrogen and oxygen atoms in total. The van der Waals surface area contributed by atoms with Crippen molar-refractivity contribution in [2.45, 2.75) is 13.8 Å². The molecule has 0 fully saturated rings. The Kier molecular flexibility index (Phi) is 4.64. The quantitative estimate of drug-likeness (QED) is 0.735. The largest absolute Gasteiger partial charge is 0.399 e. The summed E-state index contributed by atoms with van der Waals surface area (Å²) in [6, 6.07) is 7.76. The minimum Gasteiger partial charge on any atom is -0.399 e. The SMILES string of the molecule is CCN(CCNC(C)=O)c1ccc(N)cc1. The van der Waals surface area contributed by atoms with Crippen LogP contribution in [0.3, 0.4) is 0 Å². The van der Waals surface area contributed by atoms with E-state index >= 15 is 0 Å². The van der Waals surface area contributed by atoms with Gasteiger partial charge >= 0.3 is 0 Å². The van der Waals surface area contributed by atoms with Crippen LogP contribution >= 0.6 is 0 Å². The van der Waals surface area contributed by atoms with E-state index in [1.165, 1.54) is 6.92 Å². The molecule has 0 unspecified atom stereocenters. The third kappa shape index (κ3) is 3.81. The Balaban J connectivity index is 2.53. The molecule has 16 heavy (non-hydrogen) atoms. The maximum absolute atomic E-state index is 10.7. The molecule has 0 spiro atoms. The van der Waals surface area contributed by atoms with Crippen LogP contribution in [0.15, 0.2) is 24.3 Å². The lowest BCUT2D eigenvalue weighted by atomic mass is 10.2. The highest BCUT2D eigenvalue weighted by molar-refractivity contribution is 5.72. The molecule has 1 aromatic rings. The van der Waals surface area contributed by atoms with Crippen molar-refractivity contribution in [3.8, 4) is 0 Å². The van der Waals surface area contributed by atoms with Gasteiger partial charge in [-0.1, -0.05) is 0 Å². The van der Waals surface area contributed by atoms with E-state index in [0.29, 0.717) is 6.54 Å². The minimum atomic E-state index is 0.00774. The van der Waals surface area contributed by atoms with Crippen LogP contribution < -0.4 is 16.0 Å². The van der Waals surface area contributed by atoms with Crippen LogP contribution in [0.2, 0.25) is 0 Å². The first-order valence-corrected chi connectivity index (χ1v) is 5.48. The first kappa shape index (κ1) is 12.4. The Morgan fingerprint density at radius 1 is 1.38 bits per heavy atom. The fourth-order valence-corrected chi connectivity index (χ4v) is 1.52. The number of rotatable bonds is 5. The predicted molar refractivity (Wildman–Crippen MR) is 67.4 cm³/mol. The van der Waals surface area contributed by atoms with Gasteiger partial charge in [0.25, 0.3) is 0 Å². The lowest BCUT2D eigenvalue weighted by Gasteiger charge is -2.23. The number of hydrogen-bond donors (Lipinski definition) is 2. The summed E-state index contributed by atoms with van der Waals surface area (Å²) < 4.78 is 0. The zero-order valence-corrected chi connectivity index (χ0v) is 9.86. The van der Waals surface area contributed by atoms with Gasteiger partial charge in [0.1, 0.15) is 0 Å². The maximum atomic E-state index is 10.7. The Labute approximate surface area is 96.4 Å². The number of nitrogens with zero attached hydrogens (tertiary/aromatic N) is 1. The van der Waals surface area contributed by atoms with Gasteiger partial charge in [0.05, 0.1) is 0 Å². The fraction of sp³-hybridized carbons (Fsp3) is 0.417. The zero-order valence-electron chi connectivity index (χ0n) is 9.86. The van der Waals surface area contributed by atoms with Gasteiger partial charge in [-0.3, -0.25) is 4.79 Å². The van der Waals surface area contributed by atoms with Crippen LogP contribution in [0.1, 0.15) is 13.8 Å². The molecule has 88 valence electrons. The standard InChI is InChI=1S/C12H19N3O/c1-3-15(9-8-14-10(2)16)12-6-4-11(13)5-7-12/h4-7H,3,8-9,13H2,1-2H3,(H,14,16). The highest BCUT2D eigenvalue weighted by atomic mass is 16.1. The maximum Gasteiger partial charge on any atom is 0.216 e. The summed E-state index contributed by atoms with van der Waals surface area (Å²) in [6.07, 6.45) is 0. The molecule has 0 aliphatic carbocycles. The minimum absolute atomic E-state index is 0.00774. The molecular formula is C12H19N3O. The van der Waals surface area contributed by atoms with Gasteiger partial charge in [0, 0.05) is 37.9 Å². The molecule has 3 N–H and O–H groups in total. The molecule has 0 bridgehead atoms. The summed E-state index contributed by atoms with van der Waals surface area (Å²) in [7, 11) is 0. The third-order valence-electron chi connectivity index (χ3n) is 2.40. The number of benzene rings is 1. The van der Waals surface area contributed by atoms with Crippen molar-refractivity contribution in [2.75, 3.05) is 30.3 Å². The summed E-state index contributed by atoms with van der Waals surface area (Å²) in [6.45, 7) is 5.99. The van der Waals surface area contributed by atoms with Gasteiger partial charge in [-0.05, 0) is 31.2 Å². The Hall–Kier alpha value is -1.71. The lowest BCUT2D eigenvalue weighted by molar-refractivity contribution is -0.118. The topological polar surface area (TPSA) is 58.4 Å². The number of likely N-dealkylation sites (N-methyl/N-ethyl adjacent to an activating group) is 1. The van der Waals surface area contributed by atoms with E-state index < -0.39 is 0 Å². The van der Waals surface area contributed by atoms with Gasteiger partial charge in [0.2, 0.25) is 5.91 Å². The van der Waals surface area contributed by atoms with E-state index in [1.807, 2.05) is 24.3 Å². The molecular weight excluding hydrogens is 202 g/mol. The molecule has 0 aromatic heterocycles. The van der Waals surface area contributed by atoms with Crippen molar-refractivity contribution in [2.24, 2.45) is 0 Å². The number of carbonyl (C=O) groups is 1. The molecule has 0 saturated heterocycles. The molecule has 0 saturated carbocycles. The van der Waals surface area contributed by atoms with Gasteiger partial charge < -0.3 is 16.0 Å². The summed E-state index contributed by atoms with van der Waals surface area (Å²) >= 11 is 0. The van der Waals surface area contributed by atoms with Gasteiger partial charge in [0.15, 0.2) is 0 Å². The number of anilines is 2. The van der Waals surface area contributed by atoms with Crippen molar-refractivity contribution in [3.05, 3.63) is 24.3 Å². The van der Waals surface area contributed by atoms with E-state index in [9.17, 15) is 4.79 Å². The summed E-state index contributed by atoms with van der Waals surface area (Å²) in [4.78, 5) is 12.9. The van der Waals surface area contributed by atoms with Crippen molar-refractivity contribution in [1.82, 2.24) is 5.32 Å². The van der Waals surface area contributed by atoms with Crippen molar-refractivity contribution < 1.29 is 4.79 Å². The monoisotopic (exact) mass is 221 g/mol. The average Bonchev–Trinajstić information content (AvgIpc) is 2.26. The summed E-state index contributed by atoms with van der Waals surface area (Å²) in [5.41, 5.74) is 7.52. The fourth-order valence-electron chi connectivity index (χ4n) is 1.52. The number of amides is 1. The third-order valence-corrected chi connectivity index (χ3v) is 2.40. The number of nitrogens with one attached hydrogen (secondary N) is 1. The molecule has 0 atom stereocenters. The van der Waals surface area contributed by atoms with Gasteiger partial charge in [-0.15, -0.1) is 0 Å². The molecule has 0 heterocycles. The van der Waals surface area contributed by atoms with Crippen molar-refractivity contribution in [1.29, 1.82) is 0 Å². The molecule has 1 amide bonds. The van der Waals surface area contributed by atoms with Crippen molar-refractivity contribution >= 4 is 17.3 Å². The van der Waals surface area contributed by atoms with E-state index in [4.69, 9.17) is 5.73 Å². The van der Waals surface area contributed by atoms with Crippen LogP contribution in [0, 0.1) is 0 Å². The second-order valence-electron chi connectivity index (χ2n) is 3.65. The normalized spacial score (nSPS) is 9.88. The molecule has 4 heteroatoms. The molecule has 0 aliphatic heterocycles. The second kappa shape index (κ2) is 6.00. The number of hydrogen-bond acceptors (Lipinski definition) is 3. The van der Waals surface area contributed by atoms with Crippen LogP contribution in [-0.2, 0) is 4.79 Å². The Bertz CT molecular complexity index is 335. The first-order chi connectivity index (χ1) is 7.63. The number of nitrogens with two attached hydrogens (primary N) is 1. The molecule has 1 aromatic carbocycles. The van der Waals surface area contributed by atoms with Gasteiger partial charge in [-0.2, -0.15) is 0 Å². The van der Waals surface area contributed by atoms with E-state index in [0.717, 1.165) is 24.5 Å². The Morgan fingerprint density at radius 2 is 2.00 bits per heavy atom. The van der Waals surface area contributed by atoms with E-state index in [2.05, 4.69) is 17.1 Å². The number of carbonyl (C=O) groups excluding carboxylic acids is 1. The predicted octanol–water partition coefficient (Wildman–Crippen LogP) is 1.23. The first-order valence-electron chi connectivity index (χ1n) is 5.48. The van der Waals surface area contributed by atoms with Crippen LogP contribution in [-0.4, -0.2) is 25.5 Å².